The van der Waals surface area contributed by atoms with Crippen LogP contribution in [-0.4, -0.2) is 30.8 Å². The Labute approximate surface area is 101 Å². The zero-order chi connectivity index (χ0) is 13.5. The molecule has 0 saturated carbocycles. The van der Waals surface area contributed by atoms with Crippen LogP contribution < -0.4 is 10.8 Å². The Balaban J connectivity index is 4.39. The van der Waals surface area contributed by atoms with Gasteiger partial charge in [-0.3, -0.25) is 9.63 Å². The Kier molecular flexibility index (Phi) is 6.27. The van der Waals surface area contributed by atoms with E-state index in [0.29, 0.717) is 0 Å². The van der Waals surface area contributed by atoms with Gasteiger partial charge in [0.1, 0.15) is 11.6 Å². The second-order valence-electron chi connectivity index (χ2n) is 4.39. The summed E-state index contributed by atoms with van der Waals surface area (Å²) in [6.45, 7) is 8.73. The summed E-state index contributed by atoms with van der Waals surface area (Å²) in [5.41, 5.74) is 1.53. The fourth-order valence-corrected chi connectivity index (χ4v) is 1.02. The van der Waals surface area contributed by atoms with Gasteiger partial charge in [0.05, 0.1) is 7.11 Å². The van der Waals surface area contributed by atoms with Crippen LogP contribution in [0, 0.1) is 0 Å². The third-order valence-corrected chi connectivity index (χ3v) is 1.61. The second-order valence-corrected chi connectivity index (χ2v) is 4.39. The lowest BCUT2D eigenvalue weighted by Gasteiger charge is -2.22. The molecule has 0 aliphatic rings. The zero-order valence-electron chi connectivity index (χ0n) is 10.7. The van der Waals surface area contributed by atoms with Crippen molar-refractivity contribution in [3.8, 4) is 0 Å². The van der Waals surface area contributed by atoms with Gasteiger partial charge in [0, 0.05) is 0 Å². The first kappa shape index (κ1) is 15.4. The molecule has 1 atom stereocenters. The molecule has 0 radical (unpaired) electrons. The minimum atomic E-state index is -0.762. The first-order chi connectivity index (χ1) is 7.80. The van der Waals surface area contributed by atoms with Crippen LogP contribution in [0.1, 0.15) is 27.2 Å². The molecule has 0 bridgehead atoms. The number of nitrogens with one attached hydrogen (secondary N) is 2. The standard InChI is InChI=1S/C11H20N2O4/c1-6-7-8(9(14)13-16-5)12-10(15)17-11(2,3)4/h6,8H,1,7H2,2-5H3,(H,12,15)(H,13,14). The van der Waals surface area contributed by atoms with Gasteiger partial charge in [-0.2, -0.15) is 0 Å². The average Bonchev–Trinajstić information content (AvgIpc) is 2.14. The van der Waals surface area contributed by atoms with E-state index in [0.717, 1.165) is 0 Å². The maximum atomic E-state index is 11.5. The van der Waals surface area contributed by atoms with Crippen molar-refractivity contribution in [3.05, 3.63) is 12.7 Å². The van der Waals surface area contributed by atoms with E-state index in [9.17, 15) is 9.59 Å². The molecule has 2 N–H and O–H groups in total. The molecule has 0 spiro atoms. The Bertz CT molecular complexity index is 284. The number of rotatable bonds is 5. The summed E-state index contributed by atoms with van der Waals surface area (Å²) in [5.74, 6) is -0.460. The van der Waals surface area contributed by atoms with Crippen molar-refractivity contribution >= 4 is 12.0 Å². The van der Waals surface area contributed by atoms with Crippen LogP contribution in [0.3, 0.4) is 0 Å². The molecule has 0 fully saturated rings. The maximum Gasteiger partial charge on any atom is 0.408 e. The minimum Gasteiger partial charge on any atom is -0.444 e. The second kappa shape index (κ2) is 6.90. The highest BCUT2D eigenvalue weighted by Gasteiger charge is 2.23. The van der Waals surface area contributed by atoms with Crippen molar-refractivity contribution < 1.29 is 19.2 Å². The average molecular weight is 244 g/mol. The molecule has 17 heavy (non-hydrogen) atoms. The summed E-state index contributed by atoms with van der Waals surface area (Å²) in [6, 6.07) is -0.762. The van der Waals surface area contributed by atoms with Gasteiger partial charge in [0.2, 0.25) is 0 Å². The molecule has 0 aliphatic heterocycles. The molecule has 98 valence electrons. The molecule has 1 unspecified atom stereocenters. The topological polar surface area (TPSA) is 76.7 Å². The van der Waals surface area contributed by atoms with Gasteiger partial charge in [0.15, 0.2) is 0 Å². The highest BCUT2D eigenvalue weighted by Crippen LogP contribution is 2.07. The lowest BCUT2D eigenvalue weighted by Crippen LogP contribution is -2.47. The highest BCUT2D eigenvalue weighted by molar-refractivity contribution is 5.85. The van der Waals surface area contributed by atoms with E-state index in [-0.39, 0.29) is 6.42 Å². The first-order valence-electron chi connectivity index (χ1n) is 5.23. The largest absolute Gasteiger partial charge is 0.444 e. The van der Waals surface area contributed by atoms with E-state index >= 15 is 0 Å². The van der Waals surface area contributed by atoms with Gasteiger partial charge >= 0.3 is 6.09 Å². The van der Waals surface area contributed by atoms with Crippen LogP contribution in [-0.2, 0) is 14.4 Å². The lowest BCUT2D eigenvalue weighted by atomic mass is 10.2. The summed E-state index contributed by atoms with van der Waals surface area (Å²) >= 11 is 0. The summed E-state index contributed by atoms with van der Waals surface area (Å²) in [4.78, 5) is 27.4. The zero-order valence-corrected chi connectivity index (χ0v) is 10.7. The molecule has 6 nitrogen and oxygen atoms in total. The van der Waals surface area contributed by atoms with Crippen molar-refractivity contribution in [1.82, 2.24) is 10.8 Å². The smallest absolute Gasteiger partial charge is 0.408 e. The Hall–Kier alpha value is -1.56. The summed E-state index contributed by atoms with van der Waals surface area (Å²) in [6.07, 6.45) is 1.15. The fourth-order valence-electron chi connectivity index (χ4n) is 1.02. The van der Waals surface area contributed by atoms with E-state index in [1.54, 1.807) is 20.8 Å². The molecule has 0 heterocycles. The Morgan fingerprint density at radius 1 is 1.41 bits per heavy atom. The molecular weight excluding hydrogens is 224 g/mol. The number of carbonyl (C=O) groups is 2. The van der Waals surface area contributed by atoms with Crippen molar-refractivity contribution in [1.29, 1.82) is 0 Å². The van der Waals surface area contributed by atoms with Crippen molar-refractivity contribution in [2.75, 3.05) is 7.11 Å². The highest BCUT2D eigenvalue weighted by atomic mass is 16.6. The molecular formula is C11H20N2O4. The summed E-state index contributed by atoms with van der Waals surface area (Å²) in [5, 5.41) is 2.43. The van der Waals surface area contributed by atoms with Gasteiger partial charge in [-0.1, -0.05) is 6.08 Å². The van der Waals surface area contributed by atoms with Crippen molar-refractivity contribution in [2.45, 2.75) is 38.8 Å². The predicted octanol–water partition coefficient (Wildman–Crippen LogP) is 1.13. The number of carbonyl (C=O) groups excluding carboxylic acids is 2. The van der Waals surface area contributed by atoms with Gasteiger partial charge in [-0.25, -0.2) is 10.3 Å². The molecule has 0 aromatic heterocycles. The van der Waals surface area contributed by atoms with Crippen molar-refractivity contribution in [2.24, 2.45) is 0 Å². The van der Waals surface area contributed by atoms with Crippen LogP contribution in [0.25, 0.3) is 0 Å². The van der Waals surface area contributed by atoms with Crippen LogP contribution in [0.15, 0.2) is 12.7 Å². The molecule has 0 aromatic carbocycles. The summed E-state index contributed by atoms with van der Waals surface area (Å²) < 4.78 is 5.04. The number of hydrogen-bond acceptors (Lipinski definition) is 4. The lowest BCUT2D eigenvalue weighted by molar-refractivity contribution is -0.133. The van der Waals surface area contributed by atoms with Crippen LogP contribution >= 0.6 is 0 Å². The molecule has 0 saturated heterocycles. The van der Waals surface area contributed by atoms with E-state index in [4.69, 9.17) is 4.74 Å². The van der Waals surface area contributed by atoms with Gasteiger partial charge in [0.25, 0.3) is 5.91 Å². The van der Waals surface area contributed by atoms with E-state index in [1.165, 1.54) is 13.2 Å². The Morgan fingerprint density at radius 2 is 2.00 bits per heavy atom. The van der Waals surface area contributed by atoms with Crippen LogP contribution in [0.5, 0.6) is 0 Å². The molecule has 2 amide bonds. The minimum absolute atomic E-state index is 0.286. The van der Waals surface area contributed by atoms with E-state index in [2.05, 4.69) is 22.2 Å². The van der Waals surface area contributed by atoms with Crippen LogP contribution in [0.4, 0.5) is 4.79 Å². The fraction of sp³-hybridized carbons (Fsp3) is 0.636. The molecule has 6 heteroatoms. The number of hydrogen-bond donors (Lipinski definition) is 2. The monoisotopic (exact) mass is 244 g/mol. The molecule has 0 rings (SSSR count). The summed E-state index contributed by atoms with van der Waals surface area (Å²) in [7, 11) is 1.32. The predicted molar refractivity (Wildman–Crippen MR) is 63.1 cm³/mol. The number of alkyl carbamates (subject to hydrolysis) is 1. The third-order valence-electron chi connectivity index (χ3n) is 1.61. The first-order valence-corrected chi connectivity index (χ1v) is 5.23. The molecule has 0 aromatic rings. The van der Waals surface area contributed by atoms with Crippen LogP contribution in [0.2, 0.25) is 0 Å². The SMILES string of the molecule is C=CCC(NC(=O)OC(C)(C)C)C(=O)NOC. The third kappa shape index (κ3) is 7.35. The van der Waals surface area contributed by atoms with Gasteiger partial charge in [-0.05, 0) is 27.2 Å². The van der Waals surface area contributed by atoms with E-state index < -0.39 is 23.6 Å². The van der Waals surface area contributed by atoms with Gasteiger partial charge in [-0.15, -0.1) is 6.58 Å². The number of hydroxylamine groups is 1. The Morgan fingerprint density at radius 3 is 2.41 bits per heavy atom. The van der Waals surface area contributed by atoms with E-state index in [1.807, 2.05) is 0 Å². The number of ether oxygens (including phenoxy) is 1. The normalized spacial score (nSPS) is 12.5. The maximum absolute atomic E-state index is 11.5. The quantitative estimate of drug-likeness (QED) is 0.561. The molecule has 0 aliphatic carbocycles. The van der Waals surface area contributed by atoms with Gasteiger partial charge < -0.3 is 10.1 Å². The number of amides is 2. The van der Waals surface area contributed by atoms with Crippen molar-refractivity contribution in [3.63, 3.8) is 0 Å².